The molecule has 0 amide bonds. The van der Waals surface area contributed by atoms with E-state index in [-0.39, 0.29) is 16.9 Å². The van der Waals surface area contributed by atoms with Gasteiger partial charge in [0.2, 0.25) is 0 Å². The van der Waals surface area contributed by atoms with Crippen LogP contribution in [0.4, 0.5) is 0 Å². The lowest BCUT2D eigenvalue weighted by Crippen LogP contribution is -2.11. The first kappa shape index (κ1) is 15.2. The van der Waals surface area contributed by atoms with Gasteiger partial charge in [-0.1, -0.05) is 51.1 Å². The second-order valence-corrected chi connectivity index (χ2v) is 6.69. The van der Waals surface area contributed by atoms with Crippen LogP contribution in [0.3, 0.4) is 0 Å². The first-order valence-electron chi connectivity index (χ1n) is 7.60. The number of aromatic hydroxyl groups is 1. The minimum absolute atomic E-state index is 0.0523. The monoisotopic (exact) mass is 305 g/mol. The third-order valence-electron chi connectivity index (χ3n) is 4.01. The summed E-state index contributed by atoms with van der Waals surface area (Å²) < 4.78 is 0. The number of aromatic nitrogens is 1. The highest BCUT2D eigenvalue weighted by Gasteiger charge is 2.17. The molecule has 1 heterocycles. The number of hydrogen-bond donors (Lipinski definition) is 1. The molecular weight excluding hydrogens is 286 g/mol. The molecule has 0 saturated heterocycles. The Morgan fingerprint density at radius 3 is 2.35 bits per heavy atom. The summed E-state index contributed by atoms with van der Waals surface area (Å²) in [5.74, 6) is 0.0173. The number of fused-ring (bicyclic) bond motifs is 1. The fourth-order valence-electron chi connectivity index (χ4n) is 2.63. The molecule has 0 bridgehead atoms. The molecule has 3 nitrogen and oxygen atoms in total. The highest BCUT2D eigenvalue weighted by Crippen LogP contribution is 2.28. The van der Waals surface area contributed by atoms with Crippen LogP contribution in [-0.2, 0) is 5.41 Å². The fraction of sp³-hybridized carbons (Fsp3) is 0.200. The third kappa shape index (κ3) is 2.82. The Hall–Kier alpha value is -2.68. The van der Waals surface area contributed by atoms with Gasteiger partial charge in [0, 0.05) is 22.7 Å². The number of carbonyl (C=O) groups is 1. The minimum atomic E-state index is -0.0662. The number of benzene rings is 2. The van der Waals surface area contributed by atoms with Gasteiger partial charge >= 0.3 is 0 Å². The summed E-state index contributed by atoms with van der Waals surface area (Å²) in [7, 11) is 0. The first-order valence-corrected chi connectivity index (χ1v) is 7.60. The molecule has 0 aliphatic rings. The Bertz CT molecular complexity index is 874. The Morgan fingerprint density at radius 1 is 1.00 bits per heavy atom. The predicted molar refractivity (Wildman–Crippen MR) is 92.0 cm³/mol. The Morgan fingerprint density at radius 2 is 1.70 bits per heavy atom. The zero-order chi connectivity index (χ0) is 16.6. The van der Waals surface area contributed by atoms with Gasteiger partial charge in [-0.2, -0.15) is 0 Å². The van der Waals surface area contributed by atoms with Crippen LogP contribution in [0.15, 0.2) is 54.7 Å². The Kier molecular flexibility index (Phi) is 3.64. The topological polar surface area (TPSA) is 50.2 Å². The van der Waals surface area contributed by atoms with Crippen molar-refractivity contribution in [3.05, 3.63) is 71.4 Å². The summed E-state index contributed by atoms with van der Waals surface area (Å²) >= 11 is 0. The lowest BCUT2D eigenvalue weighted by molar-refractivity contribution is 0.104. The molecule has 0 radical (unpaired) electrons. The van der Waals surface area contributed by atoms with Crippen LogP contribution in [0, 0.1) is 0 Å². The Labute approximate surface area is 135 Å². The van der Waals surface area contributed by atoms with Gasteiger partial charge in [-0.05, 0) is 29.2 Å². The van der Waals surface area contributed by atoms with E-state index in [0.717, 1.165) is 0 Å². The number of nitrogens with zero attached hydrogens (tertiary/aromatic N) is 1. The number of phenolic OH excluding ortho intramolecular Hbond substituents is 1. The number of rotatable bonds is 2. The van der Waals surface area contributed by atoms with Gasteiger partial charge in [0.25, 0.3) is 0 Å². The van der Waals surface area contributed by atoms with Crippen molar-refractivity contribution in [3.8, 4) is 5.75 Å². The van der Waals surface area contributed by atoms with Crippen molar-refractivity contribution >= 4 is 16.7 Å². The molecule has 3 aromatic rings. The van der Waals surface area contributed by atoms with E-state index in [1.165, 1.54) is 11.6 Å². The SMILES string of the molecule is CC(C)(C)c1ccc(C(=O)c2ccc(O)c3ncccc23)cc1. The smallest absolute Gasteiger partial charge is 0.193 e. The molecule has 1 N–H and O–H groups in total. The van der Waals surface area contributed by atoms with Crippen LogP contribution in [0.25, 0.3) is 10.9 Å². The molecule has 0 fully saturated rings. The summed E-state index contributed by atoms with van der Waals surface area (Å²) in [6.45, 7) is 6.43. The maximum absolute atomic E-state index is 12.8. The van der Waals surface area contributed by atoms with Gasteiger partial charge in [0.05, 0.1) is 0 Å². The normalized spacial score (nSPS) is 11.6. The average Bonchev–Trinajstić information content (AvgIpc) is 2.54. The molecule has 116 valence electrons. The van der Waals surface area contributed by atoms with Gasteiger partial charge in [0.1, 0.15) is 11.3 Å². The average molecular weight is 305 g/mol. The van der Waals surface area contributed by atoms with Crippen molar-refractivity contribution in [1.82, 2.24) is 4.98 Å². The zero-order valence-electron chi connectivity index (χ0n) is 13.5. The largest absolute Gasteiger partial charge is 0.506 e. The van der Waals surface area contributed by atoms with Crippen molar-refractivity contribution in [1.29, 1.82) is 0 Å². The van der Waals surface area contributed by atoms with Gasteiger partial charge in [-0.3, -0.25) is 9.78 Å². The summed E-state index contributed by atoms with van der Waals surface area (Å²) in [6.07, 6.45) is 1.61. The first-order chi connectivity index (χ1) is 10.9. The van der Waals surface area contributed by atoms with E-state index < -0.39 is 0 Å². The van der Waals surface area contributed by atoms with Crippen LogP contribution in [-0.4, -0.2) is 15.9 Å². The molecule has 0 saturated carbocycles. The third-order valence-corrected chi connectivity index (χ3v) is 4.01. The standard InChI is InChI=1S/C20H19NO2/c1-20(2,3)14-8-6-13(7-9-14)19(23)16-10-11-17(22)18-15(16)5-4-12-21-18/h4-12,22H,1-3H3. The molecule has 0 aliphatic carbocycles. The van der Waals surface area contributed by atoms with Crippen molar-refractivity contribution in [2.45, 2.75) is 26.2 Å². The molecule has 0 unspecified atom stereocenters. The van der Waals surface area contributed by atoms with Gasteiger partial charge in [-0.25, -0.2) is 0 Å². The summed E-state index contributed by atoms with van der Waals surface area (Å²) in [6, 6.07) is 14.4. The van der Waals surface area contributed by atoms with Gasteiger partial charge < -0.3 is 5.11 Å². The van der Waals surface area contributed by atoms with E-state index in [0.29, 0.717) is 22.0 Å². The second kappa shape index (κ2) is 5.51. The van der Waals surface area contributed by atoms with E-state index >= 15 is 0 Å². The summed E-state index contributed by atoms with van der Waals surface area (Å²) in [5.41, 5.74) is 2.87. The van der Waals surface area contributed by atoms with Crippen molar-refractivity contribution < 1.29 is 9.90 Å². The van der Waals surface area contributed by atoms with E-state index in [1.807, 2.05) is 24.3 Å². The molecule has 0 atom stereocenters. The molecule has 0 aliphatic heterocycles. The molecule has 2 aromatic carbocycles. The molecule has 3 heteroatoms. The molecule has 23 heavy (non-hydrogen) atoms. The van der Waals surface area contributed by atoms with Gasteiger partial charge in [0.15, 0.2) is 5.78 Å². The van der Waals surface area contributed by atoms with Crippen LogP contribution in [0.1, 0.15) is 42.3 Å². The highest BCUT2D eigenvalue weighted by molar-refractivity contribution is 6.16. The number of pyridine rings is 1. The fourth-order valence-corrected chi connectivity index (χ4v) is 2.63. The van der Waals surface area contributed by atoms with Crippen LogP contribution in [0.2, 0.25) is 0 Å². The van der Waals surface area contributed by atoms with Crippen LogP contribution < -0.4 is 0 Å². The van der Waals surface area contributed by atoms with Crippen LogP contribution in [0.5, 0.6) is 5.75 Å². The van der Waals surface area contributed by atoms with E-state index in [4.69, 9.17) is 0 Å². The molecule has 3 rings (SSSR count). The molecule has 1 aromatic heterocycles. The predicted octanol–water partition coefficient (Wildman–Crippen LogP) is 4.47. The van der Waals surface area contributed by atoms with E-state index in [1.54, 1.807) is 24.4 Å². The van der Waals surface area contributed by atoms with Crippen molar-refractivity contribution in [2.75, 3.05) is 0 Å². The Balaban J connectivity index is 2.06. The lowest BCUT2D eigenvalue weighted by Gasteiger charge is -2.19. The number of phenols is 1. The van der Waals surface area contributed by atoms with Crippen molar-refractivity contribution in [3.63, 3.8) is 0 Å². The van der Waals surface area contributed by atoms with Crippen LogP contribution >= 0.6 is 0 Å². The van der Waals surface area contributed by atoms with Crippen molar-refractivity contribution in [2.24, 2.45) is 0 Å². The highest BCUT2D eigenvalue weighted by atomic mass is 16.3. The van der Waals surface area contributed by atoms with E-state index in [2.05, 4.69) is 25.8 Å². The van der Waals surface area contributed by atoms with Gasteiger partial charge in [-0.15, -0.1) is 0 Å². The quantitative estimate of drug-likeness (QED) is 0.711. The number of hydrogen-bond acceptors (Lipinski definition) is 3. The number of carbonyl (C=O) groups excluding carboxylic acids is 1. The number of ketones is 1. The second-order valence-electron chi connectivity index (χ2n) is 6.69. The lowest BCUT2D eigenvalue weighted by atomic mass is 9.86. The summed E-state index contributed by atoms with van der Waals surface area (Å²) in [4.78, 5) is 17.0. The molecular formula is C20H19NO2. The molecule has 0 spiro atoms. The van der Waals surface area contributed by atoms with E-state index in [9.17, 15) is 9.90 Å². The minimum Gasteiger partial charge on any atom is -0.506 e. The summed E-state index contributed by atoms with van der Waals surface area (Å²) in [5, 5.41) is 10.6. The maximum Gasteiger partial charge on any atom is 0.193 e. The zero-order valence-corrected chi connectivity index (χ0v) is 13.5. The maximum atomic E-state index is 12.8.